The van der Waals surface area contributed by atoms with E-state index >= 15 is 0 Å². The van der Waals surface area contributed by atoms with Crippen molar-refractivity contribution in [1.82, 2.24) is 15.0 Å². The number of unbranched alkanes of at least 4 members (excludes halogenated alkanes) is 8. The molecule has 0 amide bonds. The summed E-state index contributed by atoms with van der Waals surface area (Å²) in [4.78, 5) is 14.3. The Morgan fingerprint density at radius 3 is 1.64 bits per heavy atom. The number of ether oxygens (including phenoxy) is 1. The molecule has 1 unspecified atom stereocenters. The number of aryl methyl sites for hydroxylation is 4. The van der Waals surface area contributed by atoms with Gasteiger partial charge < -0.3 is 28.5 Å². The van der Waals surface area contributed by atoms with Gasteiger partial charge in [-0.15, -0.1) is 0 Å². The summed E-state index contributed by atoms with van der Waals surface area (Å²) < 4.78 is 5.45. The van der Waals surface area contributed by atoms with Crippen molar-refractivity contribution in [3.8, 4) is 45.7 Å². The van der Waals surface area contributed by atoms with Crippen LogP contribution in [-0.2, 0) is 0 Å². The number of phenols is 1. The van der Waals surface area contributed by atoms with Gasteiger partial charge in [0.2, 0.25) is 0 Å². The first-order valence-corrected chi connectivity index (χ1v) is 16.5. The number of nitrogens with zero attached hydrogens (tertiary/aromatic N) is 3. The monoisotopic (exact) mass is 859 g/mol. The average molecular weight is 860 g/mol. The molecule has 1 aromatic heterocycles. The molecule has 0 saturated carbocycles. The van der Waals surface area contributed by atoms with E-state index in [0.29, 0.717) is 28.8 Å². The number of phenolic OH excluding ortho intramolecular Hbond substituents is 1. The van der Waals surface area contributed by atoms with Crippen molar-refractivity contribution in [3.05, 3.63) is 96.4 Å². The Labute approximate surface area is 306 Å². The van der Waals surface area contributed by atoms with Gasteiger partial charge in [0.1, 0.15) is 11.5 Å². The van der Waals surface area contributed by atoms with Gasteiger partial charge in [-0.1, -0.05) is 112 Å². The van der Waals surface area contributed by atoms with Crippen molar-refractivity contribution in [2.45, 2.75) is 98.5 Å². The third-order valence-corrected chi connectivity index (χ3v) is 7.76. The van der Waals surface area contributed by atoms with Gasteiger partial charge in [0.25, 0.3) is 0 Å². The number of allylic oxidation sites excluding steroid dienone is 1. The molecule has 6 nitrogen and oxygen atoms in total. The number of aliphatic hydroxyl groups is 1. The summed E-state index contributed by atoms with van der Waals surface area (Å²) in [6.45, 7) is 19.2. The Morgan fingerprint density at radius 1 is 0.723 bits per heavy atom. The molecule has 1 heterocycles. The van der Waals surface area contributed by atoms with Crippen molar-refractivity contribution in [1.29, 1.82) is 0 Å². The normalized spacial score (nSPS) is 11.2. The van der Waals surface area contributed by atoms with Gasteiger partial charge in [0.15, 0.2) is 17.5 Å². The molecule has 7 heteroatoms. The molecular weight excluding hydrogens is 808 g/mol. The Morgan fingerprint density at radius 2 is 1.19 bits per heavy atom. The van der Waals surface area contributed by atoms with Crippen LogP contribution < -0.4 is 4.74 Å². The van der Waals surface area contributed by atoms with E-state index in [0.717, 1.165) is 39.8 Å². The number of benzene rings is 3. The van der Waals surface area contributed by atoms with Crippen molar-refractivity contribution in [2.75, 3.05) is 6.61 Å². The molecular formula is C40H51N3O3U. The van der Waals surface area contributed by atoms with Crippen molar-refractivity contribution >= 4 is 0 Å². The smallest absolute Gasteiger partial charge is 0.518 e. The van der Waals surface area contributed by atoms with Crippen LogP contribution in [0.2, 0.25) is 0 Å². The minimum absolute atomic E-state index is 0. The second-order valence-corrected chi connectivity index (χ2v) is 12.1. The first-order chi connectivity index (χ1) is 22.1. The van der Waals surface area contributed by atoms with Gasteiger partial charge in [0.05, 0.1) is 12.2 Å². The van der Waals surface area contributed by atoms with Crippen LogP contribution in [0, 0.1) is 72.3 Å². The number of aromatic nitrogens is 3. The maximum Gasteiger partial charge on any atom is 2.00 e. The summed E-state index contributed by atoms with van der Waals surface area (Å²) in [5.41, 5.74) is 6.71. The van der Waals surface area contributed by atoms with Gasteiger partial charge in [-0.05, 0) is 57.1 Å². The van der Waals surface area contributed by atoms with Crippen molar-refractivity contribution < 1.29 is 46.1 Å². The van der Waals surface area contributed by atoms with Crippen LogP contribution in [-0.4, -0.2) is 37.9 Å². The predicted molar refractivity (Wildman–Crippen MR) is 190 cm³/mol. The summed E-state index contributed by atoms with van der Waals surface area (Å²) in [5.74, 6) is 1.83. The molecule has 248 valence electrons. The maximum atomic E-state index is 10.8. The first-order valence-electron chi connectivity index (χ1n) is 16.5. The fourth-order valence-corrected chi connectivity index (χ4v) is 5.25. The number of aliphatic hydroxyl groups excluding tert-OH is 1. The Balaban J connectivity index is 0.000000506. The second-order valence-electron chi connectivity index (χ2n) is 12.1. The molecule has 0 fully saturated rings. The Bertz CT molecular complexity index is 1480. The van der Waals surface area contributed by atoms with Crippen LogP contribution in [0.3, 0.4) is 0 Å². The summed E-state index contributed by atoms with van der Waals surface area (Å²) in [6, 6.07) is 17.2. The number of hydrogen-bond donors (Lipinski definition) is 2. The molecule has 47 heavy (non-hydrogen) atoms. The minimum Gasteiger partial charge on any atom is -0.518 e. The molecule has 2 N–H and O–H groups in total. The quantitative estimate of drug-likeness (QED) is 0.0915. The van der Waals surface area contributed by atoms with E-state index in [1.807, 2.05) is 52.0 Å². The molecule has 0 bridgehead atoms. The summed E-state index contributed by atoms with van der Waals surface area (Å²) in [5, 5.41) is 20.1. The molecule has 0 spiro atoms. The van der Waals surface area contributed by atoms with Crippen LogP contribution in [0.15, 0.2) is 60.7 Å². The van der Waals surface area contributed by atoms with Crippen LogP contribution in [0.1, 0.15) is 87.0 Å². The minimum atomic E-state index is -0.856. The molecule has 3 aromatic carbocycles. The summed E-state index contributed by atoms with van der Waals surface area (Å²) >= 11 is 0. The number of hydrogen-bond acceptors (Lipinski definition) is 6. The van der Waals surface area contributed by atoms with Gasteiger partial charge in [-0.2, -0.15) is 0 Å². The largest absolute Gasteiger partial charge is 2.00 e. The maximum absolute atomic E-state index is 10.8. The standard InChI is InChI=1S/C28H28N3O3.C12H23.U/c1-16-6-9-22(18(3)12-16)26-29-27(23-10-7-17(2)13-19(23)4)31-28(30-26)24-11-8-21(14-25(24)33)34-15-20(5)32;1-3-5-7-9-11-12-10-8-6-4-2;/h6-14,20,32-33H,5,15H2,1-4H3;1,3H,4-12H2,2H3;/q2*-1;+2. The Kier molecular flexibility index (Phi) is 18.0. The van der Waals surface area contributed by atoms with E-state index in [4.69, 9.17) is 26.3 Å². The molecule has 0 aliphatic rings. The van der Waals surface area contributed by atoms with E-state index in [2.05, 4.69) is 26.0 Å². The van der Waals surface area contributed by atoms with E-state index < -0.39 is 6.10 Å². The first kappa shape index (κ1) is 40.2. The van der Waals surface area contributed by atoms with Crippen LogP contribution in [0.5, 0.6) is 11.5 Å². The second kappa shape index (κ2) is 21.1. The molecule has 0 aliphatic carbocycles. The Hall–Kier alpha value is -2.98. The van der Waals surface area contributed by atoms with Gasteiger partial charge in [-0.3, -0.25) is 6.08 Å². The molecule has 0 aliphatic heterocycles. The number of rotatable bonds is 15. The van der Waals surface area contributed by atoms with E-state index in [-0.39, 0.29) is 43.5 Å². The van der Waals surface area contributed by atoms with Crippen LogP contribution in [0.4, 0.5) is 0 Å². The fraction of sp³-hybridized carbons (Fsp3) is 0.400. The molecule has 4 rings (SSSR count). The number of aromatic hydroxyl groups is 1. The van der Waals surface area contributed by atoms with E-state index in [1.54, 1.807) is 18.2 Å². The van der Waals surface area contributed by atoms with Crippen LogP contribution in [0.25, 0.3) is 34.2 Å². The summed E-state index contributed by atoms with van der Waals surface area (Å²) in [6.07, 6.45) is 13.1. The van der Waals surface area contributed by atoms with Crippen LogP contribution >= 0.6 is 0 Å². The predicted octanol–water partition coefficient (Wildman–Crippen LogP) is 9.89. The van der Waals surface area contributed by atoms with Crippen molar-refractivity contribution in [2.24, 2.45) is 0 Å². The van der Waals surface area contributed by atoms with E-state index in [1.165, 1.54) is 57.4 Å². The summed E-state index contributed by atoms with van der Waals surface area (Å²) in [7, 11) is 0. The topological polar surface area (TPSA) is 88.4 Å². The van der Waals surface area contributed by atoms with Gasteiger partial charge >= 0.3 is 31.1 Å². The molecule has 4 aromatic rings. The fourth-order valence-electron chi connectivity index (χ4n) is 5.25. The zero-order chi connectivity index (χ0) is 33.5. The molecule has 0 radical (unpaired) electrons. The van der Waals surface area contributed by atoms with Crippen molar-refractivity contribution in [3.63, 3.8) is 0 Å². The SMILES string of the molecule is [CH-]=CCCCCCCCCCC.[CH2-]C(O)COc1ccc(-c2nc(-c3ccc(C)cc3C)nc(-c3ccc(C)cc3C)n2)c(O)c1.[U+2]. The van der Waals surface area contributed by atoms with Gasteiger partial charge in [0, 0.05) is 17.2 Å². The molecule has 1 atom stereocenters. The third kappa shape index (κ3) is 13.2. The zero-order valence-electron chi connectivity index (χ0n) is 28.9. The van der Waals surface area contributed by atoms with E-state index in [9.17, 15) is 10.2 Å². The molecule has 0 saturated heterocycles. The zero-order valence-corrected chi connectivity index (χ0v) is 33.0. The average Bonchev–Trinajstić information content (AvgIpc) is 3.01. The van der Waals surface area contributed by atoms with Gasteiger partial charge in [-0.25, -0.2) is 15.0 Å². The third-order valence-electron chi connectivity index (χ3n) is 7.76.